The van der Waals surface area contributed by atoms with E-state index in [1.807, 2.05) is 0 Å². The maximum absolute atomic E-state index is 11.0. The first kappa shape index (κ1) is 9.54. The largest absolute Gasteiger partial charge is 0.478 e. The van der Waals surface area contributed by atoms with Gasteiger partial charge in [0.05, 0.1) is 5.02 Å². The van der Waals surface area contributed by atoms with Crippen LogP contribution in [0.1, 0.15) is 5.56 Å². The van der Waals surface area contributed by atoms with Crippen molar-refractivity contribution in [3.63, 3.8) is 0 Å². The fourth-order valence-corrected chi connectivity index (χ4v) is 0.931. The number of nitrogens with one attached hydrogen (secondary N) is 1. The van der Waals surface area contributed by atoms with Gasteiger partial charge in [-0.2, -0.15) is 0 Å². The molecule has 0 bridgehead atoms. The summed E-state index contributed by atoms with van der Waals surface area (Å²) < 4.78 is 0. The second-order valence-electron chi connectivity index (χ2n) is 2.27. The van der Waals surface area contributed by atoms with Gasteiger partial charge in [-0.15, -0.1) is 0 Å². The number of aromatic amines is 1. The van der Waals surface area contributed by atoms with Crippen molar-refractivity contribution in [1.82, 2.24) is 4.98 Å². The number of aliphatic carboxylic acids is 1. The minimum atomic E-state index is -1.11. The quantitative estimate of drug-likeness (QED) is 0.702. The molecule has 0 saturated carbocycles. The smallest absolute Gasteiger partial charge is 0.328 e. The third-order valence-electron chi connectivity index (χ3n) is 1.30. The van der Waals surface area contributed by atoms with Crippen LogP contribution in [-0.4, -0.2) is 16.1 Å². The maximum atomic E-state index is 11.0. The number of carboxylic acid groups (broad SMARTS) is 1. The summed E-state index contributed by atoms with van der Waals surface area (Å²) in [6.45, 7) is 0. The molecule has 0 aliphatic rings. The van der Waals surface area contributed by atoms with Gasteiger partial charge in [-0.05, 0) is 12.1 Å². The van der Waals surface area contributed by atoms with Crippen molar-refractivity contribution in [2.45, 2.75) is 0 Å². The average molecular weight is 200 g/mol. The second kappa shape index (κ2) is 3.91. The lowest BCUT2D eigenvalue weighted by Crippen LogP contribution is -2.07. The van der Waals surface area contributed by atoms with E-state index < -0.39 is 5.97 Å². The van der Waals surface area contributed by atoms with Crippen LogP contribution in [-0.2, 0) is 4.79 Å². The third-order valence-corrected chi connectivity index (χ3v) is 1.52. The minimum Gasteiger partial charge on any atom is -0.478 e. The van der Waals surface area contributed by atoms with Crippen LogP contribution in [0.5, 0.6) is 0 Å². The van der Waals surface area contributed by atoms with Gasteiger partial charge in [0, 0.05) is 17.8 Å². The van der Waals surface area contributed by atoms with Crippen molar-refractivity contribution in [3.8, 4) is 0 Å². The first-order chi connectivity index (χ1) is 6.09. The molecular weight excluding hydrogens is 194 g/mol. The Morgan fingerprint density at radius 2 is 2.31 bits per heavy atom. The van der Waals surface area contributed by atoms with E-state index in [4.69, 9.17) is 16.7 Å². The van der Waals surface area contributed by atoms with Crippen LogP contribution in [0.3, 0.4) is 0 Å². The summed E-state index contributed by atoms with van der Waals surface area (Å²) in [5, 5.41) is 8.65. The molecule has 0 fully saturated rings. The molecule has 0 radical (unpaired) electrons. The van der Waals surface area contributed by atoms with E-state index in [1.54, 1.807) is 0 Å². The van der Waals surface area contributed by atoms with Gasteiger partial charge in [0.25, 0.3) is 5.56 Å². The van der Waals surface area contributed by atoms with Gasteiger partial charge in [0.15, 0.2) is 0 Å². The van der Waals surface area contributed by atoms with Gasteiger partial charge in [0.2, 0.25) is 0 Å². The highest BCUT2D eigenvalue weighted by Crippen LogP contribution is 2.06. The Morgan fingerprint density at radius 1 is 1.62 bits per heavy atom. The normalized spacial score (nSPS) is 10.5. The molecule has 1 aromatic heterocycles. The molecule has 4 nitrogen and oxygen atoms in total. The summed E-state index contributed by atoms with van der Waals surface area (Å²) in [6, 6.07) is 1.39. The zero-order chi connectivity index (χ0) is 9.84. The Hall–Kier alpha value is -1.55. The molecule has 0 aliphatic heterocycles. The molecule has 0 atom stereocenters. The second-order valence-corrected chi connectivity index (χ2v) is 2.71. The molecule has 0 aromatic carbocycles. The van der Waals surface area contributed by atoms with E-state index >= 15 is 0 Å². The van der Waals surface area contributed by atoms with Crippen molar-refractivity contribution in [2.24, 2.45) is 0 Å². The Bertz CT molecular complexity index is 408. The van der Waals surface area contributed by atoms with Gasteiger partial charge in [-0.3, -0.25) is 4.79 Å². The van der Waals surface area contributed by atoms with Crippen molar-refractivity contribution < 1.29 is 9.90 Å². The molecule has 0 amide bonds. The van der Waals surface area contributed by atoms with E-state index in [0.29, 0.717) is 5.02 Å². The Morgan fingerprint density at radius 3 is 2.92 bits per heavy atom. The molecule has 1 rings (SSSR count). The van der Waals surface area contributed by atoms with E-state index in [1.165, 1.54) is 18.3 Å². The van der Waals surface area contributed by atoms with Gasteiger partial charge in [0.1, 0.15) is 0 Å². The summed E-state index contributed by atoms with van der Waals surface area (Å²) in [6.07, 6.45) is 3.40. The fourth-order valence-electron chi connectivity index (χ4n) is 0.758. The molecule has 0 aliphatic carbocycles. The zero-order valence-corrected chi connectivity index (χ0v) is 7.21. The number of carboxylic acids is 1. The number of aromatic nitrogens is 1. The first-order valence-electron chi connectivity index (χ1n) is 3.39. The van der Waals surface area contributed by atoms with Crippen LogP contribution in [0.25, 0.3) is 6.08 Å². The monoisotopic (exact) mass is 199 g/mol. The van der Waals surface area contributed by atoms with Gasteiger partial charge >= 0.3 is 5.97 Å². The number of hydrogen-bond acceptors (Lipinski definition) is 2. The number of halogens is 1. The van der Waals surface area contributed by atoms with Crippen molar-refractivity contribution >= 4 is 23.6 Å². The van der Waals surface area contributed by atoms with Crippen LogP contribution < -0.4 is 5.56 Å². The molecule has 13 heavy (non-hydrogen) atoms. The summed E-state index contributed by atoms with van der Waals surface area (Å²) in [5.74, 6) is -1.11. The van der Waals surface area contributed by atoms with Crippen LogP contribution in [0.4, 0.5) is 0 Å². The first-order valence-corrected chi connectivity index (χ1v) is 3.76. The number of hydrogen-bond donors (Lipinski definition) is 2. The number of H-pyrrole nitrogens is 1. The van der Waals surface area contributed by atoms with E-state index in [9.17, 15) is 9.59 Å². The Labute approximate surface area is 78.5 Å². The van der Waals surface area contributed by atoms with Gasteiger partial charge in [-0.1, -0.05) is 11.6 Å². The molecule has 5 heteroatoms. The molecule has 0 unspecified atom stereocenters. The predicted octanol–water partition coefficient (Wildman–Crippen LogP) is 1.13. The van der Waals surface area contributed by atoms with Crippen molar-refractivity contribution in [3.05, 3.63) is 39.3 Å². The van der Waals surface area contributed by atoms with E-state index in [2.05, 4.69) is 4.98 Å². The molecule has 1 heterocycles. The fraction of sp³-hybridized carbons (Fsp3) is 0. The summed E-state index contributed by atoms with van der Waals surface area (Å²) >= 11 is 5.58. The van der Waals surface area contributed by atoms with E-state index in [-0.39, 0.29) is 11.1 Å². The van der Waals surface area contributed by atoms with Crippen LogP contribution in [0.15, 0.2) is 23.1 Å². The number of rotatable bonds is 2. The summed E-state index contributed by atoms with van der Waals surface area (Å²) in [7, 11) is 0. The minimum absolute atomic E-state index is 0.218. The molecule has 68 valence electrons. The SMILES string of the molecule is O=C(O)C=Cc1cc(Cl)c[nH]c1=O. The summed E-state index contributed by atoms with van der Waals surface area (Å²) in [4.78, 5) is 23.5. The topological polar surface area (TPSA) is 70.2 Å². The Kier molecular flexibility index (Phi) is 2.87. The zero-order valence-electron chi connectivity index (χ0n) is 6.45. The van der Waals surface area contributed by atoms with Crippen molar-refractivity contribution in [1.29, 1.82) is 0 Å². The van der Waals surface area contributed by atoms with Gasteiger partial charge in [-0.25, -0.2) is 4.79 Å². The molecule has 2 N–H and O–H groups in total. The third kappa shape index (κ3) is 2.76. The molecule has 1 aromatic rings. The van der Waals surface area contributed by atoms with Crippen molar-refractivity contribution in [2.75, 3.05) is 0 Å². The number of pyridine rings is 1. The molecule has 0 saturated heterocycles. The predicted molar refractivity (Wildman–Crippen MR) is 48.7 cm³/mol. The van der Waals surface area contributed by atoms with Crippen LogP contribution in [0.2, 0.25) is 5.02 Å². The number of carbonyl (C=O) groups is 1. The average Bonchev–Trinajstić information content (AvgIpc) is 2.06. The lowest BCUT2D eigenvalue weighted by molar-refractivity contribution is -0.131. The maximum Gasteiger partial charge on any atom is 0.328 e. The summed E-state index contributed by atoms with van der Waals surface area (Å²) in [5.41, 5.74) is -0.156. The standard InChI is InChI=1S/C8H6ClNO3/c9-6-3-5(1-2-7(11)12)8(13)10-4-6/h1-4H,(H,10,13)(H,11,12). The van der Waals surface area contributed by atoms with E-state index in [0.717, 1.165) is 6.08 Å². The highest BCUT2D eigenvalue weighted by molar-refractivity contribution is 6.30. The Balaban J connectivity index is 3.07. The lowest BCUT2D eigenvalue weighted by Gasteiger charge is -1.91. The highest BCUT2D eigenvalue weighted by Gasteiger charge is 1.96. The van der Waals surface area contributed by atoms with Crippen LogP contribution >= 0.6 is 11.6 Å². The molecule has 0 spiro atoms. The molecular formula is C8H6ClNO3. The lowest BCUT2D eigenvalue weighted by atomic mass is 10.2. The van der Waals surface area contributed by atoms with Crippen LogP contribution in [0, 0.1) is 0 Å². The highest BCUT2D eigenvalue weighted by atomic mass is 35.5. The van der Waals surface area contributed by atoms with Gasteiger partial charge < -0.3 is 10.1 Å².